The standard InChI is InChI=1S/C14H11BrFN3O4/c1-3-22-14(21)23-13-6(2)19-10-4-7(15)8(16)5-9(10)17-12(20)11(19)18-13/h4-5H,3H2,1-2H3,(H,17,20). The number of hydrogen-bond donors (Lipinski definition) is 1. The van der Waals surface area contributed by atoms with Crippen molar-refractivity contribution < 1.29 is 18.7 Å². The van der Waals surface area contributed by atoms with Gasteiger partial charge in [-0.2, -0.15) is 4.98 Å². The van der Waals surface area contributed by atoms with E-state index in [4.69, 9.17) is 9.47 Å². The van der Waals surface area contributed by atoms with Crippen molar-refractivity contribution in [3.63, 3.8) is 0 Å². The second kappa shape index (κ2) is 5.65. The third-order valence-corrected chi connectivity index (χ3v) is 3.84. The Balaban J connectivity index is 2.29. The summed E-state index contributed by atoms with van der Waals surface area (Å²) in [5.41, 5.74) is 0.736. The van der Waals surface area contributed by atoms with Crippen LogP contribution in [-0.2, 0) is 4.74 Å². The normalized spacial score (nSPS) is 11.1. The number of carbonyl (C=O) groups excluding carboxylic acids is 1. The minimum Gasteiger partial charge on any atom is -0.434 e. The molecule has 0 unspecified atom stereocenters. The molecule has 0 bridgehead atoms. The van der Waals surface area contributed by atoms with Crippen LogP contribution in [0.2, 0.25) is 0 Å². The van der Waals surface area contributed by atoms with E-state index in [0.717, 1.165) is 0 Å². The highest BCUT2D eigenvalue weighted by Gasteiger charge is 2.19. The van der Waals surface area contributed by atoms with Gasteiger partial charge in [0, 0.05) is 6.07 Å². The van der Waals surface area contributed by atoms with E-state index in [0.29, 0.717) is 16.7 Å². The maximum Gasteiger partial charge on any atom is 0.515 e. The SMILES string of the molecule is CCOC(=O)Oc1nc2c(=O)[nH]c3cc(F)c(Br)cc3n2c1C. The lowest BCUT2D eigenvalue weighted by Crippen LogP contribution is -2.11. The number of fused-ring (bicyclic) bond motifs is 3. The summed E-state index contributed by atoms with van der Waals surface area (Å²) in [6, 6.07) is 2.71. The molecule has 1 N–H and O–H groups in total. The predicted molar refractivity (Wildman–Crippen MR) is 83.4 cm³/mol. The first kappa shape index (κ1) is 15.5. The van der Waals surface area contributed by atoms with Gasteiger partial charge in [0.25, 0.3) is 5.56 Å². The van der Waals surface area contributed by atoms with Crippen LogP contribution >= 0.6 is 15.9 Å². The van der Waals surface area contributed by atoms with E-state index in [1.165, 1.54) is 16.5 Å². The average molecular weight is 384 g/mol. The molecule has 0 aliphatic heterocycles. The van der Waals surface area contributed by atoms with E-state index < -0.39 is 17.5 Å². The molecule has 0 atom stereocenters. The Morgan fingerprint density at radius 3 is 2.91 bits per heavy atom. The molecule has 0 aliphatic carbocycles. The number of benzene rings is 1. The number of carbonyl (C=O) groups is 1. The first-order valence-electron chi connectivity index (χ1n) is 6.67. The van der Waals surface area contributed by atoms with Crippen LogP contribution in [0.4, 0.5) is 9.18 Å². The Labute approximate surface area is 137 Å². The Bertz CT molecular complexity index is 995. The van der Waals surface area contributed by atoms with Gasteiger partial charge in [0.1, 0.15) is 5.82 Å². The van der Waals surface area contributed by atoms with E-state index in [9.17, 15) is 14.0 Å². The zero-order chi connectivity index (χ0) is 16.7. The Morgan fingerprint density at radius 1 is 1.48 bits per heavy atom. The lowest BCUT2D eigenvalue weighted by molar-refractivity contribution is 0.102. The van der Waals surface area contributed by atoms with Gasteiger partial charge < -0.3 is 14.5 Å². The lowest BCUT2D eigenvalue weighted by atomic mass is 10.3. The van der Waals surface area contributed by atoms with Crippen LogP contribution in [0.15, 0.2) is 21.4 Å². The number of imidazole rings is 1. The summed E-state index contributed by atoms with van der Waals surface area (Å²) in [6.07, 6.45) is -0.910. The van der Waals surface area contributed by atoms with E-state index in [1.54, 1.807) is 13.8 Å². The van der Waals surface area contributed by atoms with Gasteiger partial charge in [-0.1, -0.05) is 0 Å². The first-order chi connectivity index (χ1) is 10.9. The molecule has 3 rings (SSSR count). The summed E-state index contributed by atoms with van der Waals surface area (Å²) < 4.78 is 25.1. The number of aromatic amines is 1. The fourth-order valence-corrected chi connectivity index (χ4v) is 2.58. The second-order valence-electron chi connectivity index (χ2n) is 4.68. The number of nitrogens with one attached hydrogen (secondary N) is 1. The zero-order valence-corrected chi connectivity index (χ0v) is 13.7. The molecule has 7 nitrogen and oxygen atoms in total. The van der Waals surface area contributed by atoms with Crippen LogP contribution in [-0.4, -0.2) is 27.1 Å². The quantitative estimate of drug-likeness (QED) is 0.687. The molecule has 0 aliphatic rings. The molecule has 0 amide bonds. The molecule has 2 aromatic heterocycles. The number of halogens is 2. The molecule has 0 radical (unpaired) electrons. The molecular formula is C14H11BrFN3O4. The lowest BCUT2D eigenvalue weighted by Gasteiger charge is -2.05. The van der Waals surface area contributed by atoms with E-state index in [2.05, 4.69) is 25.9 Å². The molecule has 2 heterocycles. The molecule has 23 heavy (non-hydrogen) atoms. The van der Waals surface area contributed by atoms with Crippen molar-refractivity contribution in [3.8, 4) is 5.88 Å². The Kier molecular flexibility index (Phi) is 3.80. The average Bonchev–Trinajstić information content (AvgIpc) is 2.80. The van der Waals surface area contributed by atoms with Crippen molar-refractivity contribution >= 4 is 38.8 Å². The van der Waals surface area contributed by atoms with Crippen molar-refractivity contribution in [1.82, 2.24) is 14.4 Å². The predicted octanol–water partition coefficient (Wildman–Crippen LogP) is 2.92. The van der Waals surface area contributed by atoms with E-state index in [1.807, 2.05) is 0 Å². The van der Waals surface area contributed by atoms with E-state index >= 15 is 0 Å². The minimum absolute atomic E-state index is 0.0350. The fraction of sp³-hybridized carbons (Fsp3) is 0.214. The third-order valence-electron chi connectivity index (χ3n) is 3.24. The number of hydrogen-bond acceptors (Lipinski definition) is 5. The van der Waals surface area contributed by atoms with Crippen molar-refractivity contribution in [2.24, 2.45) is 0 Å². The number of rotatable bonds is 2. The van der Waals surface area contributed by atoms with Crippen LogP contribution in [0.5, 0.6) is 5.88 Å². The highest BCUT2D eigenvalue weighted by Crippen LogP contribution is 2.26. The molecule has 120 valence electrons. The smallest absolute Gasteiger partial charge is 0.434 e. The van der Waals surface area contributed by atoms with Gasteiger partial charge in [0.2, 0.25) is 11.5 Å². The molecule has 9 heteroatoms. The largest absolute Gasteiger partial charge is 0.515 e. The molecule has 0 spiro atoms. The van der Waals surface area contributed by atoms with Crippen LogP contribution in [0, 0.1) is 12.7 Å². The monoisotopic (exact) mass is 383 g/mol. The van der Waals surface area contributed by atoms with Crippen LogP contribution in [0.25, 0.3) is 16.7 Å². The Morgan fingerprint density at radius 2 is 2.22 bits per heavy atom. The highest BCUT2D eigenvalue weighted by atomic mass is 79.9. The minimum atomic E-state index is -0.910. The number of aryl methyl sites for hydroxylation is 1. The Hall–Kier alpha value is -2.42. The molecule has 0 fully saturated rings. The summed E-state index contributed by atoms with van der Waals surface area (Å²) >= 11 is 3.11. The van der Waals surface area contributed by atoms with Crippen molar-refractivity contribution in [2.45, 2.75) is 13.8 Å². The van der Waals surface area contributed by atoms with Gasteiger partial charge in [0.15, 0.2) is 0 Å². The van der Waals surface area contributed by atoms with Gasteiger partial charge in [-0.3, -0.25) is 9.20 Å². The summed E-state index contributed by atoms with van der Waals surface area (Å²) in [4.78, 5) is 30.1. The third kappa shape index (κ3) is 2.56. The molecular weight excluding hydrogens is 373 g/mol. The zero-order valence-electron chi connectivity index (χ0n) is 12.1. The summed E-state index contributed by atoms with van der Waals surface area (Å²) in [5, 5.41) is 0. The van der Waals surface area contributed by atoms with Crippen molar-refractivity contribution in [1.29, 1.82) is 0 Å². The van der Waals surface area contributed by atoms with Crippen LogP contribution < -0.4 is 10.3 Å². The van der Waals surface area contributed by atoms with Crippen LogP contribution in [0.3, 0.4) is 0 Å². The molecule has 3 aromatic rings. The number of aromatic nitrogens is 3. The fourth-order valence-electron chi connectivity index (χ4n) is 2.25. The van der Waals surface area contributed by atoms with Gasteiger partial charge >= 0.3 is 6.16 Å². The van der Waals surface area contributed by atoms with Gasteiger partial charge in [-0.25, -0.2) is 9.18 Å². The first-order valence-corrected chi connectivity index (χ1v) is 7.46. The van der Waals surface area contributed by atoms with Gasteiger partial charge in [-0.05, 0) is 35.8 Å². The van der Waals surface area contributed by atoms with Crippen molar-refractivity contribution in [3.05, 3.63) is 38.5 Å². The van der Waals surface area contributed by atoms with Crippen LogP contribution in [0.1, 0.15) is 12.6 Å². The van der Waals surface area contributed by atoms with Crippen molar-refractivity contribution in [2.75, 3.05) is 6.61 Å². The summed E-state index contributed by atoms with van der Waals surface area (Å²) in [7, 11) is 0. The molecule has 0 saturated heterocycles. The highest BCUT2D eigenvalue weighted by molar-refractivity contribution is 9.10. The topological polar surface area (TPSA) is 85.7 Å². The van der Waals surface area contributed by atoms with Gasteiger partial charge in [0.05, 0.1) is 27.8 Å². The maximum atomic E-state index is 13.7. The number of nitrogens with zero attached hydrogens (tertiary/aromatic N) is 2. The maximum absolute atomic E-state index is 13.7. The second-order valence-corrected chi connectivity index (χ2v) is 5.54. The molecule has 1 aromatic carbocycles. The summed E-state index contributed by atoms with van der Waals surface area (Å²) in [5.74, 6) is -0.546. The summed E-state index contributed by atoms with van der Waals surface area (Å²) in [6.45, 7) is 3.42. The van der Waals surface area contributed by atoms with E-state index in [-0.39, 0.29) is 22.6 Å². The number of ether oxygens (including phenoxy) is 2. The number of H-pyrrole nitrogens is 1. The molecule has 0 saturated carbocycles. The van der Waals surface area contributed by atoms with Gasteiger partial charge in [-0.15, -0.1) is 0 Å².